The van der Waals surface area contributed by atoms with Crippen LogP contribution in [0.2, 0.25) is 0 Å². The van der Waals surface area contributed by atoms with Crippen LogP contribution in [0.4, 0.5) is 0 Å². The van der Waals surface area contributed by atoms with E-state index in [1.807, 2.05) is 30.6 Å². The van der Waals surface area contributed by atoms with Crippen LogP contribution in [0.15, 0.2) is 42.7 Å². The highest BCUT2D eigenvalue weighted by molar-refractivity contribution is 5.35. The molecule has 0 unspecified atom stereocenters. The number of benzene rings is 1. The van der Waals surface area contributed by atoms with Crippen molar-refractivity contribution >= 4 is 0 Å². The average molecular weight is 256 g/mol. The van der Waals surface area contributed by atoms with Crippen LogP contribution >= 0.6 is 0 Å². The Morgan fingerprint density at radius 2 is 2.05 bits per heavy atom. The van der Waals surface area contributed by atoms with E-state index in [-0.39, 0.29) is 6.04 Å². The van der Waals surface area contributed by atoms with Crippen LogP contribution in [-0.4, -0.2) is 12.1 Å². The molecule has 1 aromatic heterocycles. The van der Waals surface area contributed by atoms with Gasteiger partial charge in [-0.2, -0.15) is 0 Å². The second kappa shape index (κ2) is 6.34. The summed E-state index contributed by atoms with van der Waals surface area (Å²) >= 11 is 0. The molecule has 0 saturated carbocycles. The minimum Gasteiger partial charge on any atom is -0.496 e. The van der Waals surface area contributed by atoms with E-state index in [0.717, 1.165) is 12.3 Å². The monoisotopic (exact) mass is 256 g/mol. The summed E-state index contributed by atoms with van der Waals surface area (Å²) in [5, 5.41) is 3.50. The number of aromatic nitrogens is 1. The Kier molecular flexibility index (Phi) is 4.53. The zero-order valence-electron chi connectivity index (χ0n) is 11.7. The molecule has 0 bridgehead atoms. The Morgan fingerprint density at radius 1 is 1.26 bits per heavy atom. The molecule has 0 spiro atoms. The van der Waals surface area contributed by atoms with Crippen molar-refractivity contribution < 1.29 is 4.74 Å². The molecule has 0 aliphatic rings. The number of para-hydroxylation sites is 1. The summed E-state index contributed by atoms with van der Waals surface area (Å²) in [6, 6.07) is 10.5. The van der Waals surface area contributed by atoms with E-state index in [0.29, 0.717) is 0 Å². The Balaban J connectivity index is 2.03. The van der Waals surface area contributed by atoms with Crippen molar-refractivity contribution in [2.75, 3.05) is 7.11 Å². The third-order valence-corrected chi connectivity index (χ3v) is 3.15. The van der Waals surface area contributed by atoms with Gasteiger partial charge in [0.2, 0.25) is 0 Å². The summed E-state index contributed by atoms with van der Waals surface area (Å²) in [5.74, 6) is 0.921. The van der Waals surface area contributed by atoms with Gasteiger partial charge in [-0.05, 0) is 31.0 Å². The predicted molar refractivity (Wildman–Crippen MR) is 77.2 cm³/mol. The summed E-state index contributed by atoms with van der Waals surface area (Å²) in [4.78, 5) is 4.20. The molecule has 0 radical (unpaired) electrons. The van der Waals surface area contributed by atoms with Gasteiger partial charge >= 0.3 is 0 Å². The second-order valence-corrected chi connectivity index (χ2v) is 4.72. The molecular weight excluding hydrogens is 236 g/mol. The van der Waals surface area contributed by atoms with Gasteiger partial charge in [-0.3, -0.25) is 4.98 Å². The molecule has 19 heavy (non-hydrogen) atoms. The summed E-state index contributed by atoms with van der Waals surface area (Å²) in [6.07, 6.45) is 3.77. The lowest BCUT2D eigenvalue weighted by Gasteiger charge is -2.17. The predicted octanol–water partition coefficient (Wildman–Crippen LogP) is 3.25. The first-order chi connectivity index (χ1) is 9.20. The quantitative estimate of drug-likeness (QED) is 0.891. The van der Waals surface area contributed by atoms with Crippen molar-refractivity contribution in [2.45, 2.75) is 26.4 Å². The van der Waals surface area contributed by atoms with E-state index >= 15 is 0 Å². The van der Waals surface area contributed by atoms with Crippen molar-refractivity contribution in [3.05, 3.63) is 59.4 Å². The zero-order chi connectivity index (χ0) is 13.7. The number of pyridine rings is 1. The number of aryl methyl sites for hydroxylation is 1. The van der Waals surface area contributed by atoms with Crippen LogP contribution in [0, 0.1) is 6.92 Å². The smallest absolute Gasteiger partial charge is 0.123 e. The highest BCUT2D eigenvalue weighted by atomic mass is 16.5. The van der Waals surface area contributed by atoms with Crippen LogP contribution in [0.3, 0.4) is 0 Å². The molecule has 2 rings (SSSR count). The third kappa shape index (κ3) is 3.55. The van der Waals surface area contributed by atoms with Crippen LogP contribution < -0.4 is 10.1 Å². The van der Waals surface area contributed by atoms with Crippen molar-refractivity contribution in [1.29, 1.82) is 0 Å². The standard InChI is InChI=1S/C16H20N2O/c1-12-8-14(10-17-9-12)11-18-13(2)15-6-4-5-7-16(15)19-3/h4-10,13,18H,11H2,1-3H3/t13-/m0/s1. The van der Waals surface area contributed by atoms with E-state index in [4.69, 9.17) is 4.74 Å². The van der Waals surface area contributed by atoms with E-state index in [9.17, 15) is 0 Å². The van der Waals surface area contributed by atoms with Gasteiger partial charge in [-0.15, -0.1) is 0 Å². The average Bonchev–Trinajstić information content (AvgIpc) is 2.45. The number of hydrogen-bond donors (Lipinski definition) is 1. The number of ether oxygens (including phenoxy) is 1. The van der Waals surface area contributed by atoms with Gasteiger partial charge in [-0.25, -0.2) is 0 Å². The fraction of sp³-hybridized carbons (Fsp3) is 0.312. The zero-order valence-corrected chi connectivity index (χ0v) is 11.7. The molecule has 100 valence electrons. The van der Waals surface area contributed by atoms with Gasteiger partial charge in [0.05, 0.1) is 7.11 Å². The van der Waals surface area contributed by atoms with Crippen molar-refractivity contribution in [1.82, 2.24) is 10.3 Å². The number of rotatable bonds is 5. The number of nitrogens with one attached hydrogen (secondary N) is 1. The first-order valence-corrected chi connectivity index (χ1v) is 6.47. The van der Waals surface area contributed by atoms with Gasteiger partial charge in [0.25, 0.3) is 0 Å². The normalized spacial score (nSPS) is 12.2. The lowest BCUT2D eigenvalue weighted by atomic mass is 10.1. The molecule has 2 aromatic rings. The molecule has 3 nitrogen and oxygen atoms in total. The first kappa shape index (κ1) is 13.6. The van der Waals surface area contributed by atoms with Crippen LogP contribution in [0.1, 0.15) is 29.7 Å². The molecule has 0 fully saturated rings. The van der Waals surface area contributed by atoms with Gasteiger partial charge < -0.3 is 10.1 Å². The lowest BCUT2D eigenvalue weighted by Crippen LogP contribution is -2.18. The summed E-state index contributed by atoms with van der Waals surface area (Å²) in [7, 11) is 1.70. The lowest BCUT2D eigenvalue weighted by molar-refractivity contribution is 0.401. The Morgan fingerprint density at radius 3 is 2.79 bits per heavy atom. The maximum atomic E-state index is 5.39. The molecule has 3 heteroatoms. The van der Waals surface area contributed by atoms with Gasteiger partial charge in [0, 0.05) is 30.5 Å². The third-order valence-electron chi connectivity index (χ3n) is 3.15. The molecule has 0 aliphatic heterocycles. The molecule has 0 aliphatic carbocycles. The highest BCUT2D eigenvalue weighted by Gasteiger charge is 2.10. The Hall–Kier alpha value is -1.87. The number of nitrogens with zero attached hydrogens (tertiary/aromatic N) is 1. The fourth-order valence-electron chi connectivity index (χ4n) is 2.12. The number of hydrogen-bond acceptors (Lipinski definition) is 3. The van der Waals surface area contributed by atoms with Crippen LogP contribution in [0.5, 0.6) is 5.75 Å². The Labute approximate surface area is 114 Å². The summed E-state index contributed by atoms with van der Waals surface area (Å²) in [5.41, 5.74) is 3.55. The van der Waals surface area contributed by atoms with E-state index in [1.165, 1.54) is 16.7 Å². The highest BCUT2D eigenvalue weighted by Crippen LogP contribution is 2.24. The van der Waals surface area contributed by atoms with Crippen molar-refractivity contribution in [3.63, 3.8) is 0 Å². The molecular formula is C16H20N2O. The van der Waals surface area contributed by atoms with Gasteiger partial charge in [0.15, 0.2) is 0 Å². The first-order valence-electron chi connectivity index (χ1n) is 6.47. The molecule has 1 aromatic carbocycles. The minimum atomic E-state index is 0.233. The van der Waals surface area contributed by atoms with Gasteiger partial charge in [0.1, 0.15) is 5.75 Å². The van der Waals surface area contributed by atoms with Crippen molar-refractivity contribution in [2.24, 2.45) is 0 Å². The summed E-state index contributed by atoms with van der Waals surface area (Å²) in [6.45, 7) is 5.00. The molecule has 0 saturated heterocycles. The van der Waals surface area contributed by atoms with E-state index < -0.39 is 0 Å². The van der Waals surface area contributed by atoms with Crippen LogP contribution in [-0.2, 0) is 6.54 Å². The van der Waals surface area contributed by atoms with E-state index in [2.05, 4.69) is 36.3 Å². The molecule has 1 heterocycles. The van der Waals surface area contributed by atoms with Crippen molar-refractivity contribution in [3.8, 4) is 5.75 Å². The largest absolute Gasteiger partial charge is 0.496 e. The topological polar surface area (TPSA) is 34.1 Å². The number of methoxy groups -OCH3 is 1. The van der Waals surface area contributed by atoms with E-state index in [1.54, 1.807) is 7.11 Å². The molecule has 0 amide bonds. The fourth-order valence-corrected chi connectivity index (χ4v) is 2.12. The molecule has 1 atom stereocenters. The SMILES string of the molecule is COc1ccccc1[C@H](C)NCc1cncc(C)c1. The maximum Gasteiger partial charge on any atom is 0.123 e. The van der Waals surface area contributed by atoms with Gasteiger partial charge in [-0.1, -0.05) is 24.3 Å². The molecule has 1 N–H and O–H groups in total. The Bertz CT molecular complexity index is 540. The maximum absolute atomic E-state index is 5.39. The van der Waals surface area contributed by atoms with Crippen LogP contribution in [0.25, 0.3) is 0 Å². The second-order valence-electron chi connectivity index (χ2n) is 4.72. The summed E-state index contributed by atoms with van der Waals surface area (Å²) < 4.78 is 5.39. The minimum absolute atomic E-state index is 0.233.